The largest absolute Gasteiger partial charge is 0.350 e. The number of carbonyl (C=O) groups excluding carboxylic acids is 1. The van der Waals surface area contributed by atoms with Crippen molar-refractivity contribution in [2.75, 3.05) is 19.6 Å². The number of hydrogen-bond donors (Lipinski definition) is 1. The van der Waals surface area contributed by atoms with Gasteiger partial charge in [0.25, 0.3) is 5.91 Å². The van der Waals surface area contributed by atoms with Crippen molar-refractivity contribution in [3.8, 4) is 0 Å². The van der Waals surface area contributed by atoms with Crippen LogP contribution in [0.25, 0.3) is 0 Å². The normalized spacial score (nSPS) is 17.8. The van der Waals surface area contributed by atoms with Crippen molar-refractivity contribution in [1.82, 2.24) is 10.2 Å². The number of aryl methyl sites for hydroxylation is 1. The van der Waals surface area contributed by atoms with Gasteiger partial charge in [-0.3, -0.25) is 9.69 Å². The maximum Gasteiger partial charge on any atom is 0.251 e. The molecule has 1 aliphatic heterocycles. The van der Waals surface area contributed by atoms with Crippen LogP contribution in [-0.4, -0.2) is 36.5 Å². The van der Waals surface area contributed by atoms with Crippen molar-refractivity contribution in [2.24, 2.45) is 0 Å². The van der Waals surface area contributed by atoms with Crippen LogP contribution in [-0.2, 0) is 0 Å². The summed E-state index contributed by atoms with van der Waals surface area (Å²) in [5, 5.41) is 2.95. The summed E-state index contributed by atoms with van der Waals surface area (Å²) < 4.78 is 13.0. The Morgan fingerprint density at radius 1 is 1.35 bits per heavy atom. The zero-order valence-electron chi connectivity index (χ0n) is 12.3. The van der Waals surface area contributed by atoms with E-state index < -0.39 is 0 Å². The molecule has 2 rings (SSSR count). The van der Waals surface area contributed by atoms with Gasteiger partial charge in [0.2, 0.25) is 0 Å². The molecule has 0 aromatic heterocycles. The molecule has 1 N–H and O–H groups in total. The molecule has 1 aliphatic rings. The van der Waals surface area contributed by atoms with Gasteiger partial charge in [-0.05, 0) is 63.5 Å². The highest BCUT2D eigenvalue weighted by Gasteiger charge is 2.17. The SMILES string of the molecule is Cc1cc(F)ccc1C(=O)NCC(C)N1CCCCC1. The summed E-state index contributed by atoms with van der Waals surface area (Å²) in [5.74, 6) is -0.424. The Balaban J connectivity index is 1.88. The maximum absolute atomic E-state index is 13.0. The van der Waals surface area contributed by atoms with Crippen LogP contribution in [0.5, 0.6) is 0 Å². The summed E-state index contributed by atoms with van der Waals surface area (Å²) in [5.41, 5.74) is 1.23. The summed E-state index contributed by atoms with van der Waals surface area (Å²) >= 11 is 0. The number of carbonyl (C=O) groups is 1. The molecule has 0 spiro atoms. The monoisotopic (exact) mass is 278 g/mol. The van der Waals surface area contributed by atoms with E-state index in [4.69, 9.17) is 0 Å². The van der Waals surface area contributed by atoms with Gasteiger partial charge >= 0.3 is 0 Å². The lowest BCUT2D eigenvalue weighted by Gasteiger charge is -2.32. The second kappa shape index (κ2) is 6.84. The summed E-state index contributed by atoms with van der Waals surface area (Å²) in [6.07, 6.45) is 3.80. The third-order valence-electron chi connectivity index (χ3n) is 4.01. The molecule has 110 valence electrons. The second-order valence-electron chi connectivity index (χ2n) is 5.61. The molecule has 4 heteroatoms. The summed E-state index contributed by atoms with van der Waals surface area (Å²) in [7, 11) is 0. The van der Waals surface area contributed by atoms with Crippen molar-refractivity contribution in [1.29, 1.82) is 0 Å². The minimum absolute atomic E-state index is 0.119. The van der Waals surface area contributed by atoms with Gasteiger partial charge in [0.1, 0.15) is 5.82 Å². The van der Waals surface area contributed by atoms with Crippen molar-refractivity contribution >= 4 is 5.91 Å². The molecule has 20 heavy (non-hydrogen) atoms. The van der Waals surface area contributed by atoms with Crippen LogP contribution in [0.3, 0.4) is 0 Å². The molecular formula is C16H23FN2O. The average molecular weight is 278 g/mol. The first-order valence-corrected chi connectivity index (χ1v) is 7.36. The minimum Gasteiger partial charge on any atom is -0.350 e. The van der Waals surface area contributed by atoms with Crippen LogP contribution in [0.4, 0.5) is 4.39 Å². The Bertz CT molecular complexity index is 470. The van der Waals surface area contributed by atoms with Gasteiger partial charge in [0, 0.05) is 18.2 Å². The number of amides is 1. The van der Waals surface area contributed by atoms with Crippen LogP contribution >= 0.6 is 0 Å². The van der Waals surface area contributed by atoms with Crippen LogP contribution in [0.15, 0.2) is 18.2 Å². The van der Waals surface area contributed by atoms with Crippen LogP contribution in [0.1, 0.15) is 42.1 Å². The number of likely N-dealkylation sites (tertiary alicyclic amines) is 1. The Labute approximate surface area is 120 Å². The first kappa shape index (κ1) is 15.0. The van der Waals surface area contributed by atoms with Crippen LogP contribution < -0.4 is 5.32 Å². The Kier molecular flexibility index (Phi) is 5.12. The molecule has 1 aromatic rings. The van der Waals surface area contributed by atoms with E-state index in [2.05, 4.69) is 17.1 Å². The summed E-state index contributed by atoms with van der Waals surface area (Å²) in [6, 6.07) is 4.62. The minimum atomic E-state index is -0.305. The Morgan fingerprint density at radius 2 is 2.05 bits per heavy atom. The van der Waals surface area contributed by atoms with E-state index in [1.165, 1.54) is 31.4 Å². The number of rotatable bonds is 4. The van der Waals surface area contributed by atoms with Gasteiger partial charge in [-0.25, -0.2) is 4.39 Å². The molecule has 0 saturated carbocycles. The fourth-order valence-corrected chi connectivity index (χ4v) is 2.71. The molecule has 1 saturated heterocycles. The lowest BCUT2D eigenvalue weighted by molar-refractivity contribution is 0.0929. The molecule has 3 nitrogen and oxygen atoms in total. The van der Waals surface area contributed by atoms with E-state index in [0.717, 1.165) is 13.1 Å². The zero-order chi connectivity index (χ0) is 14.5. The Hall–Kier alpha value is -1.42. The standard InChI is InChI=1S/C16H23FN2O/c1-12-10-14(17)6-7-15(12)16(20)18-11-13(2)19-8-4-3-5-9-19/h6-7,10,13H,3-5,8-9,11H2,1-2H3,(H,18,20). The molecular weight excluding hydrogens is 255 g/mol. The molecule has 1 heterocycles. The number of nitrogens with zero attached hydrogens (tertiary/aromatic N) is 1. The summed E-state index contributed by atoms with van der Waals surface area (Å²) in [6.45, 7) is 6.77. The number of benzene rings is 1. The van der Waals surface area contributed by atoms with Crippen molar-refractivity contribution in [3.63, 3.8) is 0 Å². The number of hydrogen-bond acceptors (Lipinski definition) is 2. The smallest absolute Gasteiger partial charge is 0.251 e. The highest BCUT2D eigenvalue weighted by molar-refractivity contribution is 5.95. The van der Waals surface area contributed by atoms with Gasteiger partial charge < -0.3 is 5.32 Å². The molecule has 0 aliphatic carbocycles. The van der Waals surface area contributed by atoms with Crippen LogP contribution in [0, 0.1) is 12.7 Å². The van der Waals surface area contributed by atoms with Gasteiger partial charge in [0.15, 0.2) is 0 Å². The maximum atomic E-state index is 13.0. The van der Waals surface area contributed by atoms with E-state index >= 15 is 0 Å². The first-order chi connectivity index (χ1) is 9.58. The third-order valence-corrected chi connectivity index (χ3v) is 4.01. The predicted molar refractivity (Wildman–Crippen MR) is 78.4 cm³/mol. The highest BCUT2D eigenvalue weighted by Crippen LogP contribution is 2.12. The van der Waals surface area contributed by atoms with Crippen molar-refractivity contribution < 1.29 is 9.18 Å². The lowest BCUT2D eigenvalue weighted by Crippen LogP contribution is -2.44. The van der Waals surface area contributed by atoms with Gasteiger partial charge in [0.05, 0.1) is 0 Å². The third kappa shape index (κ3) is 3.79. The molecule has 1 aromatic carbocycles. The fraction of sp³-hybridized carbons (Fsp3) is 0.562. The molecule has 1 fully saturated rings. The molecule has 1 atom stereocenters. The fourth-order valence-electron chi connectivity index (χ4n) is 2.71. The molecule has 0 bridgehead atoms. The second-order valence-corrected chi connectivity index (χ2v) is 5.61. The van der Waals surface area contributed by atoms with Gasteiger partial charge in [-0.2, -0.15) is 0 Å². The van der Waals surface area contributed by atoms with Crippen molar-refractivity contribution in [2.45, 2.75) is 39.2 Å². The van der Waals surface area contributed by atoms with E-state index in [1.54, 1.807) is 13.0 Å². The van der Waals surface area contributed by atoms with Crippen LogP contribution in [0.2, 0.25) is 0 Å². The van der Waals surface area contributed by atoms with E-state index in [1.807, 2.05) is 0 Å². The van der Waals surface area contributed by atoms with E-state index in [0.29, 0.717) is 23.7 Å². The van der Waals surface area contributed by atoms with Gasteiger partial charge in [-0.15, -0.1) is 0 Å². The predicted octanol–water partition coefficient (Wildman–Crippen LogP) is 2.74. The first-order valence-electron chi connectivity index (χ1n) is 7.36. The van der Waals surface area contributed by atoms with Gasteiger partial charge in [-0.1, -0.05) is 6.42 Å². The summed E-state index contributed by atoms with van der Waals surface area (Å²) in [4.78, 5) is 14.5. The molecule has 1 unspecified atom stereocenters. The highest BCUT2D eigenvalue weighted by atomic mass is 19.1. The van der Waals surface area contributed by atoms with E-state index in [-0.39, 0.29) is 11.7 Å². The van der Waals surface area contributed by atoms with Crippen molar-refractivity contribution in [3.05, 3.63) is 35.1 Å². The lowest BCUT2D eigenvalue weighted by atomic mass is 10.1. The van der Waals surface area contributed by atoms with E-state index in [9.17, 15) is 9.18 Å². The molecule has 1 amide bonds. The number of nitrogens with one attached hydrogen (secondary N) is 1. The number of piperidine rings is 1. The Morgan fingerprint density at radius 3 is 2.70 bits per heavy atom. The topological polar surface area (TPSA) is 32.3 Å². The quantitative estimate of drug-likeness (QED) is 0.918. The zero-order valence-corrected chi connectivity index (χ0v) is 12.3. The number of halogens is 1. The average Bonchev–Trinajstić information content (AvgIpc) is 2.45. The molecule has 0 radical (unpaired) electrons.